The Labute approximate surface area is 170 Å². The number of carbonyl (C=O) groups excluding carboxylic acids is 1. The first-order valence-corrected chi connectivity index (χ1v) is 9.99. The van der Waals surface area contributed by atoms with E-state index in [2.05, 4.69) is 15.3 Å². The van der Waals surface area contributed by atoms with Crippen LogP contribution in [0.5, 0.6) is 0 Å². The van der Waals surface area contributed by atoms with E-state index in [1.165, 1.54) is 0 Å². The number of aromatic nitrogens is 4. The normalized spacial score (nSPS) is 19.1. The Balaban J connectivity index is 1.45. The summed E-state index contributed by atoms with van der Waals surface area (Å²) in [5, 5.41) is 22.3. The molecule has 3 heterocycles. The number of hydrogen-bond acceptors (Lipinski definition) is 4. The van der Waals surface area contributed by atoms with E-state index in [0.717, 1.165) is 34.0 Å². The summed E-state index contributed by atoms with van der Waals surface area (Å²) in [5.74, 6) is 0.0412. The van der Waals surface area contributed by atoms with Gasteiger partial charge in [0.2, 0.25) is 5.91 Å². The van der Waals surface area contributed by atoms with Crippen molar-refractivity contribution in [3.63, 3.8) is 0 Å². The molecule has 2 aromatic heterocycles. The summed E-state index contributed by atoms with van der Waals surface area (Å²) in [5.41, 5.74) is 5.71. The summed E-state index contributed by atoms with van der Waals surface area (Å²) in [6.45, 7) is 6.82. The van der Waals surface area contributed by atoms with E-state index in [-0.39, 0.29) is 11.8 Å². The Morgan fingerprint density at radius 3 is 2.66 bits per heavy atom. The number of H-pyrrole nitrogens is 1. The van der Waals surface area contributed by atoms with Gasteiger partial charge in [-0.15, -0.1) is 0 Å². The molecule has 1 fully saturated rings. The molecule has 0 aliphatic carbocycles. The van der Waals surface area contributed by atoms with Crippen LogP contribution in [0.2, 0.25) is 0 Å². The molecule has 29 heavy (non-hydrogen) atoms. The van der Waals surface area contributed by atoms with Gasteiger partial charge < -0.3 is 10.0 Å². The van der Waals surface area contributed by atoms with Crippen LogP contribution in [0.4, 0.5) is 0 Å². The number of aliphatic hydroxyl groups is 1. The molecule has 7 heteroatoms. The lowest BCUT2D eigenvalue weighted by Gasteiger charge is -2.16. The van der Waals surface area contributed by atoms with E-state index < -0.39 is 6.10 Å². The van der Waals surface area contributed by atoms with E-state index in [1.807, 2.05) is 61.9 Å². The van der Waals surface area contributed by atoms with Crippen molar-refractivity contribution in [1.29, 1.82) is 0 Å². The fraction of sp³-hybridized carbons (Fsp3) is 0.409. The third kappa shape index (κ3) is 3.96. The second-order valence-electron chi connectivity index (χ2n) is 7.95. The van der Waals surface area contributed by atoms with Gasteiger partial charge in [-0.3, -0.25) is 9.89 Å². The Kier molecular flexibility index (Phi) is 5.24. The summed E-state index contributed by atoms with van der Waals surface area (Å²) in [4.78, 5) is 14.7. The highest BCUT2D eigenvalue weighted by Gasteiger charge is 2.34. The minimum atomic E-state index is -0.523. The molecule has 0 unspecified atom stereocenters. The molecule has 1 aliphatic rings. The van der Waals surface area contributed by atoms with Crippen LogP contribution in [-0.4, -0.2) is 55.1 Å². The van der Waals surface area contributed by atoms with Gasteiger partial charge in [-0.2, -0.15) is 10.2 Å². The summed E-state index contributed by atoms with van der Waals surface area (Å²) in [6, 6.07) is 11.9. The Morgan fingerprint density at radius 2 is 1.97 bits per heavy atom. The lowest BCUT2D eigenvalue weighted by molar-refractivity contribution is -0.129. The highest BCUT2D eigenvalue weighted by Crippen LogP contribution is 2.24. The average Bonchev–Trinajstić information content (AvgIpc) is 3.36. The number of nitrogens with zero attached hydrogens (tertiary/aromatic N) is 4. The van der Waals surface area contributed by atoms with Crippen LogP contribution in [0.1, 0.15) is 28.3 Å². The van der Waals surface area contributed by atoms with Gasteiger partial charge in [0, 0.05) is 36.0 Å². The molecule has 4 rings (SSSR count). The number of nitrogens with one attached hydrogen (secondary N) is 1. The molecule has 0 radical (unpaired) electrons. The van der Waals surface area contributed by atoms with Crippen LogP contribution >= 0.6 is 0 Å². The largest absolute Gasteiger partial charge is 0.391 e. The molecule has 7 nitrogen and oxygen atoms in total. The monoisotopic (exact) mass is 393 g/mol. The predicted octanol–water partition coefficient (Wildman–Crippen LogP) is 2.13. The molecule has 0 bridgehead atoms. The number of rotatable bonds is 5. The van der Waals surface area contributed by atoms with Crippen LogP contribution in [0.25, 0.3) is 5.69 Å². The van der Waals surface area contributed by atoms with E-state index in [9.17, 15) is 9.90 Å². The van der Waals surface area contributed by atoms with Gasteiger partial charge in [-0.1, -0.05) is 18.2 Å². The van der Waals surface area contributed by atoms with Gasteiger partial charge in [0.15, 0.2) is 0 Å². The van der Waals surface area contributed by atoms with Crippen molar-refractivity contribution in [3.8, 4) is 5.69 Å². The average molecular weight is 393 g/mol. The van der Waals surface area contributed by atoms with Crippen LogP contribution in [0.3, 0.4) is 0 Å². The molecule has 1 aliphatic heterocycles. The highest BCUT2D eigenvalue weighted by atomic mass is 16.3. The van der Waals surface area contributed by atoms with E-state index >= 15 is 0 Å². The van der Waals surface area contributed by atoms with Gasteiger partial charge in [-0.05, 0) is 45.4 Å². The maximum atomic E-state index is 13.0. The molecule has 1 saturated heterocycles. The smallest absolute Gasteiger partial charge is 0.227 e. The van der Waals surface area contributed by atoms with Crippen LogP contribution in [0.15, 0.2) is 36.4 Å². The Morgan fingerprint density at radius 1 is 1.21 bits per heavy atom. The zero-order valence-corrected chi connectivity index (χ0v) is 17.1. The first-order chi connectivity index (χ1) is 13.9. The van der Waals surface area contributed by atoms with Gasteiger partial charge in [0.25, 0.3) is 0 Å². The van der Waals surface area contributed by atoms with E-state index in [4.69, 9.17) is 0 Å². The molecule has 152 valence electrons. The fourth-order valence-electron chi connectivity index (χ4n) is 4.12. The number of amides is 1. The van der Waals surface area contributed by atoms with Crippen molar-refractivity contribution in [2.45, 2.75) is 39.7 Å². The number of likely N-dealkylation sites (tertiary alicyclic amines) is 1. The van der Waals surface area contributed by atoms with Crippen molar-refractivity contribution in [1.82, 2.24) is 24.9 Å². The third-order valence-corrected chi connectivity index (χ3v) is 5.76. The van der Waals surface area contributed by atoms with Crippen molar-refractivity contribution in [2.75, 3.05) is 13.1 Å². The van der Waals surface area contributed by atoms with Crippen LogP contribution in [0, 0.1) is 26.7 Å². The summed E-state index contributed by atoms with van der Waals surface area (Å²) in [7, 11) is 0. The SMILES string of the molecule is Cc1cc(C[C@@H]2CN(C(=O)Cc3c(C)nn(-c4ccccc4)c3C)C[C@@H]2O)n[nH]1. The molecule has 1 amide bonds. The minimum Gasteiger partial charge on any atom is -0.391 e. The van der Waals surface area contributed by atoms with Crippen molar-refractivity contribution in [3.05, 3.63) is 64.7 Å². The van der Waals surface area contributed by atoms with Gasteiger partial charge >= 0.3 is 0 Å². The molecular weight excluding hydrogens is 366 g/mol. The Bertz CT molecular complexity index is 1010. The van der Waals surface area contributed by atoms with E-state index in [0.29, 0.717) is 25.9 Å². The maximum absolute atomic E-state index is 13.0. The molecule has 0 saturated carbocycles. The standard InChI is InChI=1S/C22H27N5O2/c1-14-9-18(24-23-14)10-17-12-26(13-21(17)28)22(29)11-20-15(2)25-27(16(20)3)19-7-5-4-6-8-19/h4-9,17,21,28H,10-13H2,1-3H3,(H,23,24)/t17-,21+/m1/s1. The Hall–Kier alpha value is -2.93. The topological polar surface area (TPSA) is 87.0 Å². The minimum absolute atomic E-state index is 0.0101. The fourth-order valence-corrected chi connectivity index (χ4v) is 4.12. The number of aryl methyl sites for hydroxylation is 2. The third-order valence-electron chi connectivity index (χ3n) is 5.76. The molecule has 0 spiro atoms. The lowest BCUT2D eigenvalue weighted by Crippen LogP contribution is -2.31. The van der Waals surface area contributed by atoms with Crippen LogP contribution < -0.4 is 0 Å². The number of benzene rings is 1. The molecular formula is C22H27N5O2. The quantitative estimate of drug-likeness (QED) is 0.695. The van der Waals surface area contributed by atoms with Gasteiger partial charge in [0.05, 0.1) is 29.6 Å². The summed E-state index contributed by atoms with van der Waals surface area (Å²) in [6.07, 6.45) is 0.440. The number of carbonyl (C=O) groups is 1. The first kappa shape index (κ1) is 19.4. The molecule has 1 aromatic carbocycles. The molecule has 2 atom stereocenters. The number of aliphatic hydroxyl groups excluding tert-OH is 1. The predicted molar refractivity (Wildman–Crippen MR) is 110 cm³/mol. The second kappa shape index (κ2) is 7.83. The van der Waals surface area contributed by atoms with Crippen molar-refractivity contribution in [2.24, 2.45) is 5.92 Å². The van der Waals surface area contributed by atoms with Crippen molar-refractivity contribution >= 4 is 5.91 Å². The molecule has 2 N–H and O–H groups in total. The van der Waals surface area contributed by atoms with E-state index in [1.54, 1.807) is 4.90 Å². The second-order valence-corrected chi connectivity index (χ2v) is 7.95. The van der Waals surface area contributed by atoms with Crippen molar-refractivity contribution < 1.29 is 9.90 Å². The van der Waals surface area contributed by atoms with Gasteiger partial charge in [0.1, 0.15) is 0 Å². The number of β-amino-alcohol motifs (C(OH)–C–C–N with tert-alkyl or cyclic N) is 1. The molecule has 3 aromatic rings. The summed E-state index contributed by atoms with van der Waals surface area (Å²) >= 11 is 0. The number of para-hydroxylation sites is 1. The zero-order chi connectivity index (χ0) is 20.5. The number of hydrogen-bond donors (Lipinski definition) is 2. The van der Waals surface area contributed by atoms with Gasteiger partial charge in [-0.25, -0.2) is 4.68 Å². The first-order valence-electron chi connectivity index (χ1n) is 9.99. The lowest BCUT2D eigenvalue weighted by atomic mass is 10.00. The highest BCUT2D eigenvalue weighted by molar-refractivity contribution is 5.79. The summed E-state index contributed by atoms with van der Waals surface area (Å²) < 4.78 is 1.89. The van der Waals surface area contributed by atoms with Crippen LogP contribution in [-0.2, 0) is 17.6 Å². The zero-order valence-electron chi connectivity index (χ0n) is 17.1. The maximum Gasteiger partial charge on any atom is 0.227 e. The number of aromatic amines is 1.